The van der Waals surface area contributed by atoms with Gasteiger partial charge in [0.05, 0.1) is 11.1 Å². The highest BCUT2D eigenvalue weighted by Crippen LogP contribution is 2.42. The lowest BCUT2D eigenvalue weighted by atomic mass is 9.79. The molecule has 7 heteroatoms. The van der Waals surface area contributed by atoms with Crippen LogP contribution in [0.3, 0.4) is 0 Å². The fourth-order valence-electron chi connectivity index (χ4n) is 4.84. The van der Waals surface area contributed by atoms with Gasteiger partial charge in [-0.1, -0.05) is 30.7 Å². The Labute approximate surface area is 180 Å². The molecule has 4 rings (SSSR count). The minimum atomic E-state index is -0.622. The van der Waals surface area contributed by atoms with Gasteiger partial charge < -0.3 is 15.5 Å². The minimum Gasteiger partial charge on any atom is -0.348 e. The van der Waals surface area contributed by atoms with E-state index in [1.807, 2.05) is 18.2 Å². The number of benzene rings is 2. The number of carbonyl (C=O) groups excluding carboxylic acids is 3. The van der Waals surface area contributed by atoms with Gasteiger partial charge in [0, 0.05) is 38.0 Å². The lowest BCUT2D eigenvalue weighted by molar-refractivity contribution is -0.122. The largest absolute Gasteiger partial charge is 0.348 e. The SMILES string of the molecule is CC(=O)Nc1cccc([C@@H]2CN(C(=O)c3ccccc3F)C[C@]23CCCCC(=O)N3)c1. The molecule has 0 unspecified atom stereocenters. The number of halogens is 1. The van der Waals surface area contributed by atoms with Crippen LogP contribution >= 0.6 is 0 Å². The van der Waals surface area contributed by atoms with E-state index in [4.69, 9.17) is 0 Å². The summed E-state index contributed by atoms with van der Waals surface area (Å²) >= 11 is 0. The molecule has 2 heterocycles. The third-order valence-corrected chi connectivity index (χ3v) is 6.21. The van der Waals surface area contributed by atoms with E-state index in [0.717, 1.165) is 24.8 Å². The molecule has 31 heavy (non-hydrogen) atoms. The maximum absolute atomic E-state index is 14.3. The molecule has 3 amide bonds. The molecule has 2 fully saturated rings. The van der Waals surface area contributed by atoms with Gasteiger partial charge in [-0.25, -0.2) is 4.39 Å². The number of hydrogen-bond donors (Lipinski definition) is 2. The van der Waals surface area contributed by atoms with Crippen molar-refractivity contribution >= 4 is 23.4 Å². The zero-order valence-electron chi connectivity index (χ0n) is 17.5. The molecule has 2 aromatic carbocycles. The predicted molar refractivity (Wildman–Crippen MR) is 115 cm³/mol. The van der Waals surface area contributed by atoms with Crippen molar-refractivity contribution in [3.63, 3.8) is 0 Å². The zero-order valence-corrected chi connectivity index (χ0v) is 17.5. The summed E-state index contributed by atoms with van der Waals surface area (Å²) in [5, 5.41) is 5.99. The molecular weight excluding hydrogens is 397 g/mol. The molecule has 0 aliphatic carbocycles. The maximum atomic E-state index is 14.3. The van der Waals surface area contributed by atoms with Crippen molar-refractivity contribution in [2.75, 3.05) is 18.4 Å². The van der Waals surface area contributed by atoms with Crippen molar-refractivity contribution in [1.82, 2.24) is 10.2 Å². The minimum absolute atomic E-state index is 0.0271. The molecule has 162 valence electrons. The molecular formula is C24H26FN3O3. The Kier molecular flexibility index (Phi) is 5.76. The van der Waals surface area contributed by atoms with E-state index < -0.39 is 11.4 Å². The summed E-state index contributed by atoms with van der Waals surface area (Å²) in [6.07, 6.45) is 2.85. The third kappa shape index (κ3) is 4.31. The molecule has 2 atom stereocenters. The molecule has 1 spiro atoms. The van der Waals surface area contributed by atoms with Crippen molar-refractivity contribution in [3.8, 4) is 0 Å². The summed E-state index contributed by atoms with van der Waals surface area (Å²) in [6, 6.07) is 13.5. The van der Waals surface area contributed by atoms with E-state index in [0.29, 0.717) is 25.2 Å². The molecule has 0 bridgehead atoms. The highest BCUT2D eigenvalue weighted by atomic mass is 19.1. The number of rotatable bonds is 3. The number of nitrogens with zero attached hydrogens (tertiary/aromatic N) is 1. The topological polar surface area (TPSA) is 78.5 Å². The van der Waals surface area contributed by atoms with Gasteiger partial charge in [-0.2, -0.15) is 0 Å². The lowest BCUT2D eigenvalue weighted by Crippen LogP contribution is -2.52. The van der Waals surface area contributed by atoms with Gasteiger partial charge in [0.1, 0.15) is 5.82 Å². The lowest BCUT2D eigenvalue weighted by Gasteiger charge is -2.35. The Morgan fingerprint density at radius 1 is 1.16 bits per heavy atom. The molecule has 6 nitrogen and oxygen atoms in total. The number of nitrogens with one attached hydrogen (secondary N) is 2. The summed E-state index contributed by atoms with van der Waals surface area (Å²) in [7, 11) is 0. The fraction of sp³-hybridized carbons (Fsp3) is 0.375. The summed E-state index contributed by atoms with van der Waals surface area (Å²) < 4.78 is 14.3. The van der Waals surface area contributed by atoms with Gasteiger partial charge in [-0.15, -0.1) is 0 Å². The van der Waals surface area contributed by atoms with Crippen LogP contribution in [0.25, 0.3) is 0 Å². The highest BCUT2D eigenvalue weighted by molar-refractivity contribution is 5.95. The normalized spacial score (nSPS) is 23.4. The van der Waals surface area contributed by atoms with Crippen molar-refractivity contribution < 1.29 is 18.8 Å². The molecule has 2 aliphatic heterocycles. The molecule has 2 aromatic rings. The van der Waals surface area contributed by atoms with E-state index in [2.05, 4.69) is 10.6 Å². The Bertz CT molecular complexity index is 1020. The molecule has 0 radical (unpaired) electrons. The van der Waals surface area contributed by atoms with Gasteiger partial charge in [-0.05, 0) is 42.7 Å². The van der Waals surface area contributed by atoms with Crippen LogP contribution in [-0.4, -0.2) is 41.2 Å². The summed E-state index contributed by atoms with van der Waals surface area (Å²) in [5.74, 6) is -1.30. The van der Waals surface area contributed by atoms with Crippen LogP contribution in [0.15, 0.2) is 48.5 Å². The first-order chi connectivity index (χ1) is 14.9. The monoisotopic (exact) mass is 423 g/mol. The van der Waals surface area contributed by atoms with E-state index in [-0.39, 0.29) is 29.2 Å². The van der Waals surface area contributed by atoms with E-state index in [1.165, 1.54) is 19.1 Å². The van der Waals surface area contributed by atoms with Crippen LogP contribution in [0, 0.1) is 5.82 Å². The van der Waals surface area contributed by atoms with E-state index in [1.54, 1.807) is 23.1 Å². The van der Waals surface area contributed by atoms with Crippen LogP contribution in [0.1, 0.15) is 54.4 Å². The van der Waals surface area contributed by atoms with Crippen LogP contribution in [0.4, 0.5) is 10.1 Å². The molecule has 2 N–H and O–H groups in total. The number of likely N-dealkylation sites (tertiary alicyclic amines) is 1. The maximum Gasteiger partial charge on any atom is 0.256 e. The Hall–Kier alpha value is -3.22. The second kappa shape index (κ2) is 8.49. The quantitative estimate of drug-likeness (QED) is 0.794. The van der Waals surface area contributed by atoms with Crippen LogP contribution in [-0.2, 0) is 9.59 Å². The average Bonchev–Trinajstić information content (AvgIpc) is 2.99. The second-order valence-electron chi connectivity index (χ2n) is 8.44. The van der Waals surface area contributed by atoms with Gasteiger partial charge >= 0.3 is 0 Å². The number of hydrogen-bond acceptors (Lipinski definition) is 3. The van der Waals surface area contributed by atoms with Crippen LogP contribution in [0.2, 0.25) is 0 Å². The molecule has 2 saturated heterocycles. The van der Waals surface area contributed by atoms with Crippen molar-refractivity contribution in [1.29, 1.82) is 0 Å². The van der Waals surface area contributed by atoms with Crippen molar-refractivity contribution in [3.05, 3.63) is 65.5 Å². The fourth-order valence-corrected chi connectivity index (χ4v) is 4.84. The Balaban J connectivity index is 1.71. The van der Waals surface area contributed by atoms with Crippen molar-refractivity contribution in [2.45, 2.75) is 44.1 Å². The predicted octanol–water partition coefficient (Wildman–Crippen LogP) is 3.45. The van der Waals surface area contributed by atoms with E-state index >= 15 is 0 Å². The van der Waals surface area contributed by atoms with Gasteiger partial charge in [0.15, 0.2) is 0 Å². The number of amides is 3. The number of carbonyl (C=O) groups is 3. The smallest absolute Gasteiger partial charge is 0.256 e. The summed E-state index contributed by atoms with van der Waals surface area (Å²) in [6.45, 7) is 2.13. The highest BCUT2D eigenvalue weighted by Gasteiger charge is 2.50. The van der Waals surface area contributed by atoms with E-state index in [9.17, 15) is 18.8 Å². The molecule has 0 aromatic heterocycles. The summed E-state index contributed by atoms with van der Waals surface area (Å²) in [5.41, 5.74) is 1.00. The molecule has 2 aliphatic rings. The number of anilines is 1. The van der Waals surface area contributed by atoms with Crippen LogP contribution in [0.5, 0.6) is 0 Å². The third-order valence-electron chi connectivity index (χ3n) is 6.21. The standard InChI is InChI=1S/C24H26FN3O3/c1-16(29)26-18-8-6-7-17(13-18)20-14-28(23(31)19-9-2-3-10-21(19)25)15-24(20)12-5-4-11-22(30)27-24/h2-3,6-10,13,20H,4-5,11-12,14-15H2,1H3,(H,26,29)(H,27,30)/t20-,24+/m0/s1. The Morgan fingerprint density at radius 2 is 1.97 bits per heavy atom. The first kappa shape index (κ1) is 21.0. The Morgan fingerprint density at radius 3 is 2.74 bits per heavy atom. The zero-order chi connectivity index (χ0) is 22.0. The molecule has 0 saturated carbocycles. The van der Waals surface area contributed by atoms with Gasteiger partial charge in [0.25, 0.3) is 5.91 Å². The van der Waals surface area contributed by atoms with Gasteiger partial charge in [-0.3, -0.25) is 14.4 Å². The first-order valence-electron chi connectivity index (χ1n) is 10.6. The first-order valence-corrected chi connectivity index (χ1v) is 10.6. The van der Waals surface area contributed by atoms with Crippen LogP contribution < -0.4 is 10.6 Å². The van der Waals surface area contributed by atoms with Gasteiger partial charge in [0.2, 0.25) is 11.8 Å². The second-order valence-corrected chi connectivity index (χ2v) is 8.44. The summed E-state index contributed by atoms with van der Waals surface area (Å²) in [4.78, 5) is 38.8. The van der Waals surface area contributed by atoms with Crippen molar-refractivity contribution in [2.24, 2.45) is 0 Å². The average molecular weight is 423 g/mol.